The minimum atomic E-state index is 0.0463. The largest absolute Gasteiger partial charge is 0.342 e. The standard InChI is InChI=1S/C14H20N2O/c1-15-11-6-12-16(2)14(17)10-9-13-7-4-3-5-8-13/h3-5,7-10,15H,6,11-12H2,1-2H3. The van der Waals surface area contributed by atoms with Crippen LogP contribution in [0, 0.1) is 0 Å². The van der Waals surface area contributed by atoms with Crippen LogP contribution in [-0.2, 0) is 4.79 Å². The molecule has 3 heteroatoms. The minimum absolute atomic E-state index is 0.0463. The molecule has 0 spiro atoms. The van der Waals surface area contributed by atoms with Crippen molar-refractivity contribution in [1.29, 1.82) is 0 Å². The second-order valence-corrected chi connectivity index (χ2v) is 3.96. The number of nitrogens with one attached hydrogen (secondary N) is 1. The Morgan fingerprint density at radius 2 is 2.06 bits per heavy atom. The van der Waals surface area contributed by atoms with Crippen LogP contribution in [0.2, 0.25) is 0 Å². The minimum Gasteiger partial charge on any atom is -0.342 e. The third-order valence-electron chi connectivity index (χ3n) is 2.51. The zero-order valence-electron chi connectivity index (χ0n) is 10.5. The number of hydrogen-bond acceptors (Lipinski definition) is 2. The molecule has 0 bridgehead atoms. The number of amides is 1. The van der Waals surface area contributed by atoms with Gasteiger partial charge in [-0.15, -0.1) is 0 Å². The Morgan fingerprint density at radius 1 is 1.35 bits per heavy atom. The van der Waals surface area contributed by atoms with Crippen LogP contribution >= 0.6 is 0 Å². The normalized spacial score (nSPS) is 10.7. The molecule has 0 aliphatic rings. The molecule has 1 N–H and O–H groups in total. The SMILES string of the molecule is CNCCCN(C)C(=O)C=Cc1ccccc1. The van der Waals surface area contributed by atoms with Crippen molar-refractivity contribution in [1.82, 2.24) is 10.2 Å². The van der Waals surface area contributed by atoms with Gasteiger partial charge in [0.2, 0.25) is 5.91 Å². The summed E-state index contributed by atoms with van der Waals surface area (Å²) in [5, 5.41) is 3.06. The summed E-state index contributed by atoms with van der Waals surface area (Å²) in [5.41, 5.74) is 1.05. The van der Waals surface area contributed by atoms with E-state index in [0.717, 1.165) is 25.1 Å². The average Bonchev–Trinajstić information content (AvgIpc) is 2.37. The van der Waals surface area contributed by atoms with Crippen LogP contribution in [0.25, 0.3) is 6.08 Å². The number of rotatable bonds is 6. The van der Waals surface area contributed by atoms with Gasteiger partial charge in [-0.3, -0.25) is 4.79 Å². The summed E-state index contributed by atoms with van der Waals surface area (Å²) in [7, 11) is 3.74. The number of hydrogen-bond donors (Lipinski definition) is 1. The molecule has 1 aromatic rings. The summed E-state index contributed by atoms with van der Waals surface area (Å²) < 4.78 is 0. The first-order chi connectivity index (χ1) is 8.24. The van der Waals surface area contributed by atoms with Gasteiger partial charge in [0.15, 0.2) is 0 Å². The van der Waals surface area contributed by atoms with Gasteiger partial charge in [-0.1, -0.05) is 30.3 Å². The molecule has 0 fully saturated rings. The second kappa shape index (κ2) is 7.63. The molecule has 3 nitrogen and oxygen atoms in total. The fourth-order valence-corrected chi connectivity index (χ4v) is 1.46. The van der Waals surface area contributed by atoms with E-state index < -0.39 is 0 Å². The maximum absolute atomic E-state index is 11.7. The molecular formula is C14H20N2O. The highest BCUT2D eigenvalue weighted by Gasteiger charge is 2.03. The quantitative estimate of drug-likeness (QED) is 0.599. The van der Waals surface area contributed by atoms with Gasteiger partial charge in [0.1, 0.15) is 0 Å². The van der Waals surface area contributed by atoms with Crippen LogP contribution in [-0.4, -0.2) is 38.0 Å². The fraction of sp³-hybridized carbons (Fsp3) is 0.357. The molecule has 1 aromatic carbocycles. The van der Waals surface area contributed by atoms with Crippen LogP contribution in [0.1, 0.15) is 12.0 Å². The molecular weight excluding hydrogens is 212 g/mol. The van der Waals surface area contributed by atoms with Gasteiger partial charge in [0.05, 0.1) is 0 Å². The van der Waals surface area contributed by atoms with Crippen LogP contribution in [0.3, 0.4) is 0 Å². The van der Waals surface area contributed by atoms with E-state index in [1.54, 1.807) is 11.0 Å². The molecule has 0 atom stereocenters. The number of likely N-dealkylation sites (N-methyl/N-ethyl adjacent to an activating group) is 1. The summed E-state index contributed by atoms with van der Waals surface area (Å²) in [5.74, 6) is 0.0463. The van der Waals surface area contributed by atoms with E-state index in [1.807, 2.05) is 50.5 Å². The predicted octanol–water partition coefficient (Wildman–Crippen LogP) is 1.77. The molecule has 0 saturated heterocycles. The number of benzene rings is 1. The lowest BCUT2D eigenvalue weighted by Gasteiger charge is -2.14. The molecule has 0 unspecified atom stereocenters. The number of carbonyl (C=O) groups is 1. The lowest BCUT2D eigenvalue weighted by atomic mass is 10.2. The van der Waals surface area contributed by atoms with E-state index in [4.69, 9.17) is 0 Å². The summed E-state index contributed by atoms with van der Waals surface area (Å²) in [6.07, 6.45) is 4.43. The molecule has 0 aromatic heterocycles. The van der Waals surface area contributed by atoms with Gasteiger partial charge in [-0.05, 0) is 31.7 Å². The van der Waals surface area contributed by atoms with Gasteiger partial charge in [0.25, 0.3) is 0 Å². The third kappa shape index (κ3) is 5.31. The topological polar surface area (TPSA) is 32.3 Å². The highest BCUT2D eigenvalue weighted by molar-refractivity contribution is 5.91. The van der Waals surface area contributed by atoms with E-state index in [-0.39, 0.29) is 5.91 Å². The molecule has 0 saturated carbocycles. The summed E-state index contributed by atoms with van der Waals surface area (Å²) in [4.78, 5) is 13.5. The summed E-state index contributed by atoms with van der Waals surface area (Å²) in [6.45, 7) is 1.71. The highest BCUT2D eigenvalue weighted by Crippen LogP contribution is 2.01. The van der Waals surface area contributed by atoms with Crippen molar-refractivity contribution < 1.29 is 4.79 Å². The Hall–Kier alpha value is -1.61. The molecule has 0 aliphatic carbocycles. The van der Waals surface area contributed by atoms with E-state index in [9.17, 15) is 4.79 Å². The van der Waals surface area contributed by atoms with Crippen LogP contribution in [0.15, 0.2) is 36.4 Å². The van der Waals surface area contributed by atoms with Crippen LogP contribution in [0.5, 0.6) is 0 Å². The monoisotopic (exact) mass is 232 g/mol. The zero-order valence-corrected chi connectivity index (χ0v) is 10.5. The van der Waals surface area contributed by atoms with Gasteiger partial charge in [0, 0.05) is 19.7 Å². The Balaban J connectivity index is 2.40. The van der Waals surface area contributed by atoms with Gasteiger partial charge >= 0.3 is 0 Å². The molecule has 0 aliphatic heterocycles. The summed E-state index contributed by atoms with van der Waals surface area (Å²) >= 11 is 0. The first-order valence-electron chi connectivity index (χ1n) is 5.87. The van der Waals surface area contributed by atoms with Crippen molar-refractivity contribution >= 4 is 12.0 Å². The molecule has 0 heterocycles. The summed E-state index contributed by atoms with van der Waals surface area (Å²) in [6, 6.07) is 9.83. The van der Waals surface area contributed by atoms with Crippen molar-refractivity contribution in [3.8, 4) is 0 Å². The van der Waals surface area contributed by atoms with Crippen molar-refractivity contribution in [2.75, 3.05) is 27.2 Å². The number of carbonyl (C=O) groups excluding carboxylic acids is 1. The van der Waals surface area contributed by atoms with E-state index in [1.165, 1.54) is 0 Å². The Kier molecular flexibility index (Phi) is 6.04. The highest BCUT2D eigenvalue weighted by atomic mass is 16.2. The van der Waals surface area contributed by atoms with E-state index in [0.29, 0.717) is 0 Å². The maximum atomic E-state index is 11.7. The molecule has 0 radical (unpaired) electrons. The molecule has 92 valence electrons. The maximum Gasteiger partial charge on any atom is 0.246 e. The van der Waals surface area contributed by atoms with Crippen LogP contribution in [0.4, 0.5) is 0 Å². The second-order valence-electron chi connectivity index (χ2n) is 3.96. The van der Waals surface area contributed by atoms with E-state index >= 15 is 0 Å². The van der Waals surface area contributed by atoms with Crippen molar-refractivity contribution in [2.45, 2.75) is 6.42 Å². The lowest BCUT2D eigenvalue weighted by molar-refractivity contribution is -0.124. The first kappa shape index (κ1) is 13.5. The Bertz CT molecular complexity index is 360. The third-order valence-corrected chi connectivity index (χ3v) is 2.51. The van der Waals surface area contributed by atoms with Crippen molar-refractivity contribution in [2.24, 2.45) is 0 Å². The van der Waals surface area contributed by atoms with Crippen LogP contribution < -0.4 is 5.32 Å². The Morgan fingerprint density at radius 3 is 2.71 bits per heavy atom. The average molecular weight is 232 g/mol. The van der Waals surface area contributed by atoms with Gasteiger partial charge < -0.3 is 10.2 Å². The Labute approximate surface area is 103 Å². The van der Waals surface area contributed by atoms with Gasteiger partial charge in [-0.2, -0.15) is 0 Å². The molecule has 1 amide bonds. The molecule has 1 rings (SSSR count). The van der Waals surface area contributed by atoms with E-state index in [2.05, 4.69) is 5.32 Å². The van der Waals surface area contributed by atoms with Gasteiger partial charge in [-0.25, -0.2) is 0 Å². The van der Waals surface area contributed by atoms with Crippen molar-refractivity contribution in [3.63, 3.8) is 0 Å². The fourth-order valence-electron chi connectivity index (χ4n) is 1.46. The number of nitrogens with zero attached hydrogens (tertiary/aromatic N) is 1. The first-order valence-corrected chi connectivity index (χ1v) is 5.87. The molecule has 17 heavy (non-hydrogen) atoms. The zero-order chi connectivity index (χ0) is 12.5. The predicted molar refractivity (Wildman–Crippen MR) is 71.7 cm³/mol. The van der Waals surface area contributed by atoms with Crippen molar-refractivity contribution in [3.05, 3.63) is 42.0 Å². The smallest absolute Gasteiger partial charge is 0.246 e. The lowest BCUT2D eigenvalue weighted by Crippen LogP contribution is -2.27.